The lowest BCUT2D eigenvalue weighted by Crippen LogP contribution is -2.34. The van der Waals surface area contributed by atoms with Gasteiger partial charge in [-0.15, -0.1) is 0 Å². The van der Waals surface area contributed by atoms with Crippen LogP contribution in [-0.2, 0) is 14.8 Å². The smallest absolute Gasteiger partial charge is 0.275 e. The lowest BCUT2D eigenvalue weighted by atomic mass is 10.4. The van der Waals surface area contributed by atoms with Crippen LogP contribution in [-0.4, -0.2) is 31.2 Å². The lowest BCUT2D eigenvalue weighted by Gasteiger charge is -2.15. The average Bonchev–Trinajstić information content (AvgIpc) is 2.63. The van der Waals surface area contributed by atoms with Crippen molar-refractivity contribution in [1.29, 1.82) is 0 Å². The van der Waals surface area contributed by atoms with Gasteiger partial charge in [0.25, 0.3) is 10.0 Å². The second kappa shape index (κ2) is 4.82. The molecule has 1 aromatic rings. The fourth-order valence-electron chi connectivity index (χ4n) is 1.44. The van der Waals surface area contributed by atoms with E-state index in [4.69, 9.17) is 34.8 Å². The van der Waals surface area contributed by atoms with Gasteiger partial charge in [-0.3, -0.25) is 10.1 Å². The van der Waals surface area contributed by atoms with Crippen molar-refractivity contribution < 1.29 is 18.0 Å². The van der Waals surface area contributed by atoms with Gasteiger partial charge in [-0.2, -0.15) is 0 Å². The summed E-state index contributed by atoms with van der Waals surface area (Å²) in [5.41, 5.74) is 0. The van der Waals surface area contributed by atoms with Crippen LogP contribution in [0.1, 0.15) is 0 Å². The molecule has 0 aromatic heterocycles. The van der Waals surface area contributed by atoms with Gasteiger partial charge in [-0.05, 0) is 12.1 Å². The van der Waals surface area contributed by atoms with Gasteiger partial charge in [0.15, 0.2) is 0 Å². The van der Waals surface area contributed by atoms with E-state index in [1.807, 2.05) is 5.32 Å². The number of carbonyl (C=O) groups excluding carboxylic acids is 2. The summed E-state index contributed by atoms with van der Waals surface area (Å²) in [6.45, 7) is -0.599. The van der Waals surface area contributed by atoms with E-state index in [1.165, 1.54) is 0 Å². The minimum atomic E-state index is -4.27. The maximum Gasteiger partial charge on any atom is 0.338 e. The molecule has 1 fully saturated rings. The fraction of sp³-hybridized carbons (Fsp3) is 0.111. The van der Waals surface area contributed by atoms with Crippen molar-refractivity contribution in [3.8, 4) is 0 Å². The Morgan fingerprint density at radius 1 is 1.05 bits per heavy atom. The second-order valence-electron chi connectivity index (χ2n) is 3.56. The minimum absolute atomic E-state index is 0.0319. The molecule has 1 aromatic carbocycles. The first-order chi connectivity index (χ1) is 8.73. The van der Waals surface area contributed by atoms with E-state index < -0.39 is 33.4 Å². The Bertz CT molecular complexity index is 689. The first kappa shape index (κ1) is 14.4. The molecule has 1 saturated heterocycles. The molecule has 3 amide bonds. The minimum Gasteiger partial charge on any atom is -0.275 e. The second-order valence-corrected chi connectivity index (χ2v) is 6.61. The summed E-state index contributed by atoms with van der Waals surface area (Å²) in [5, 5.41) is 1.71. The van der Waals surface area contributed by atoms with Crippen LogP contribution in [0.15, 0.2) is 17.0 Å². The molecule has 0 aliphatic carbocycles. The van der Waals surface area contributed by atoms with Crippen molar-refractivity contribution in [3.63, 3.8) is 0 Å². The standard InChI is InChI=1S/C9H5Cl3N2O4S/c10-4-1-6(12)7(2-5(4)11)19(17,18)14-3-8(15)13-9(14)16/h1-2H,3H2,(H,13,15,16). The Hall–Kier alpha value is -1.02. The molecule has 0 saturated carbocycles. The number of nitrogens with zero attached hydrogens (tertiary/aromatic N) is 1. The molecule has 0 unspecified atom stereocenters. The Morgan fingerprint density at radius 2 is 1.63 bits per heavy atom. The summed E-state index contributed by atoms with van der Waals surface area (Å²) >= 11 is 17.2. The molecule has 1 N–H and O–H groups in total. The molecule has 19 heavy (non-hydrogen) atoms. The quantitative estimate of drug-likeness (QED) is 0.656. The summed E-state index contributed by atoms with van der Waals surface area (Å²) in [6, 6.07) is 1.14. The van der Waals surface area contributed by atoms with E-state index in [0.717, 1.165) is 12.1 Å². The number of imide groups is 1. The van der Waals surface area contributed by atoms with Crippen molar-refractivity contribution in [2.75, 3.05) is 6.54 Å². The number of rotatable bonds is 2. The number of carbonyl (C=O) groups is 2. The zero-order valence-corrected chi connectivity index (χ0v) is 12.1. The van der Waals surface area contributed by atoms with Gasteiger partial charge in [0.05, 0.1) is 15.1 Å². The van der Waals surface area contributed by atoms with Crippen LogP contribution >= 0.6 is 34.8 Å². The molecule has 0 spiro atoms. The first-order valence-corrected chi connectivity index (χ1v) is 7.32. The molecule has 1 aliphatic rings. The van der Waals surface area contributed by atoms with E-state index in [2.05, 4.69) is 0 Å². The summed E-state index contributed by atoms with van der Waals surface area (Å²) < 4.78 is 24.8. The zero-order valence-electron chi connectivity index (χ0n) is 8.98. The number of urea groups is 1. The molecule has 1 heterocycles. The molecule has 0 atom stereocenters. The van der Waals surface area contributed by atoms with E-state index in [9.17, 15) is 18.0 Å². The molecule has 1 aliphatic heterocycles. The van der Waals surface area contributed by atoms with Gasteiger partial charge in [0.2, 0.25) is 5.91 Å². The van der Waals surface area contributed by atoms with Gasteiger partial charge < -0.3 is 0 Å². The predicted octanol–water partition coefficient (Wildman–Crippen LogP) is 1.89. The number of sulfonamides is 1. The van der Waals surface area contributed by atoms with E-state index >= 15 is 0 Å². The first-order valence-electron chi connectivity index (χ1n) is 4.74. The van der Waals surface area contributed by atoms with Crippen LogP contribution in [0.5, 0.6) is 0 Å². The molecule has 10 heteroatoms. The maximum absolute atomic E-state index is 12.2. The van der Waals surface area contributed by atoms with Gasteiger partial charge >= 0.3 is 6.03 Å². The highest BCUT2D eigenvalue weighted by atomic mass is 35.5. The normalized spacial score (nSPS) is 15.8. The van der Waals surface area contributed by atoms with Gasteiger partial charge in [0.1, 0.15) is 11.4 Å². The summed E-state index contributed by atoms with van der Waals surface area (Å²) in [4.78, 5) is 22.0. The van der Waals surface area contributed by atoms with Crippen LogP contribution in [0.2, 0.25) is 15.1 Å². The van der Waals surface area contributed by atoms with E-state index in [0.29, 0.717) is 4.31 Å². The Labute approximate surface area is 123 Å². The van der Waals surface area contributed by atoms with E-state index in [1.54, 1.807) is 0 Å². The van der Waals surface area contributed by atoms with Crippen molar-refractivity contribution in [2.24, 2.45) is 0 Å². The number of hydrogen-bond acceptors (Lipinski definition) is 4. The number of halogens is 3. The highest BCUT2D eigenvalue weighted by molar-refractivity contribution is 7.89. The maximum atomic E-state index is 12.2. The number of amides is 3. The third-order valence-electron chi connectivity index (χ3n) is 2.30. The number of hydrogen-bond donors (Lipinski definition) is 1. The summed E-state index contributed by atoms with van der Waals surface area (Å²) in [6.07, 6.45) is 0. The molecule has 0 bridgehead atoms. The van der Waals surface area contributed by atoms with Crippen LogP contribution in [0.25, 0.3) is 0 Å². The molecule has 102 valence electrons. The number of benzene rings is 1. The van der Waals surface area contributed by atoms with Crippen molar-refractivity contribution in [3.05, 3.63) is 27.2 Å². The molecule has 6 nitrogen and oxygen atoms in total. The molecular weight excluding hydrogens is 339 g/mol. The van der Waals surface area contributed by atoms with Crippen molar-refractivity contribution in [1.82, 2.24) is 9.62 Å². The SMILES string of the molecule is O=C1CN(S(=O)(=O)c2cc(Cl)c(Cl)cc2Cl)C(=O)N1. The Balaban J connectivity index is 2.55. The monoisotopic (exact) mass is 342 g/mol. The third-order valence-corrected chi connectivity index (χ3v) is 5.22. The molecule has 0 radical (unpaired) electrons. The summed E-state index contributed by atoms with van der Waals surface area (Å²) in [5.74, 6) is -0.718. The topological polar surface area (TPSA) is 83.6 Å². The Kier molecular flexibility index (Phi) is 3.65. The fourth-order valence-corrected chi connectivity index (χ4v) is 3.70. The molecular formula is C9H5Cl3N2O4S. The average molecular weight is 344 g/mol. The van der Waals surface area contributed by atoms with Crippen LogP contribution in [0.4, 0.5) is 4.79 Å². The van der Waals surface area contributed by atoms with Crippen molar-refractivity contribution in [2.45, 2.75) is 4.90 Å². The third kappa shape index (κ3) is 2.51. The van der Waals surface area contributed by atoms with Gasteiger partial charge in [-0.25, -0.2) is 17.5 Å². The lowest BCUT2D eigenvalue weighted by molar-refractivity contribution is -0.118. The van der Waals surface area contributed by atoms with Crippen molar-refractivity contribution >= 4 is 56.8 Å². The van der Waals surface area contributed by atoms with Crippen LogP contribution < -0.4 is 5.32 Å². The van der Waals surface area contributed by atoms with Gasteiger partial charge in [-0.1, -0.05) is 34.8 Å². The number of nitrogens with one attached hydrogen (secondary N) is 1. The molecule has 2 rings (SSSR count). The highest BCUT2D eigenvalue weighted by Gasteiger charge is 2.38. The predicted molar refractivity (Wildman–Crippen MR) is 68.9 cm³/mol. The summed E-state index contributed by atoms with van der Waals surface area (Å²) in [7, 11) is -4.27. The largest absolute Gasteiger partial charge is 0.338 e. The van der Waals surface area contributed by atoms with Crippen LogP contribution in [0.3, 0.4) is 0 Å². The van der Waals surface area contributed by atoms with Gasteiger partial charge in [0, 0.05) is 0 Å². The van der Waals surface area contributed by atoms with E-state index in [-0.39, 0.29) is 15.1 Å². The van der Waals surface area contributed by atoms with Crippen LogP contribution in [0, 0.1) is 0 Å². The Morgan fingerprint density at radius 3 is 2.16 bits per heavy atom. The zero-order chi connectivity index (χ0) is 14.4. The highest BCUT2D eigenvalue weighted by Crippen LogP contribution is 2.33.